The van der Waals surface area contributed by atoms with Crippen molar-refractivity contribution < 1.29 is 19.4 Å². The molecule has 0 saturated carbocycles. The van der Waals surface area contributed by atoms with Gasteiger partial charge in [-0.1, -0.05) is 41.4 Å². The first-order valence-electron chi connectivity index (χ1n) is 7.05. The fourth-order valence-corrected chi connectivity index (χ4v) is 2.51. The Hall–Kier alpha value is -2.68. The van der Waals surface area contributed by atoms with E-state index in [2.05, 4.69) is 0 Å². The lowest BCUT2D eigenvalue weighted by molar-refractivity contribution is -0.132. The van der Waals surface area contributed by atoms with Gasteiger partial charge in [-0.05, 0) is 24.3 Å². The first kappa shape index (κ1) is 18.7. The summed E-state index contributed by atoms with van der Waals surface area (Å²) in [5.41, 5.74) is 0.691. The molecule has 0 bridgehead atoms. The molecular weight excluding hydrogens is 365 g/mol. The Morgan fingerprint density at radius 2 is 2.08 bits per heavy atom. The molecule has 5 nitrogen and oxygen atoms in total. The normalized spacial score (nSPS) is 10.9. The van der Waals surface area contributed by atoms with Gasteiger partial charge >= 0.3 is 5.97 Å². The van der Waals surface area contributed by atoms with Gasteiger partial charge < -0.3 is 14.6 Å². The highest BCUT2D eigenvalue weighted by molar-refractivity contribution is 6.35. The van der Waals surface area contributed by atoms with Crippen LogP contribution < -0.4 is 9.47 Å². The summed E-state index contributed by atoms with van der Waals surface area (Å²) in [6.45, 7) is 0.117. The fraction of sp³-hybridized carbons (Fsp3) is 0.111. The van der Waals surface area contributed by atoms with Crippen LogP contribution in [0.2, 0.25) is 10.0 Å². The molecule has 2 aromatic carbocycles. The lowest BCUT2D eigenvalue weighted by atomic mass is 10.1. The lowest BCUT2D eigenvalue weighted by Gasteiger charge is -2.14. The van der Waals surface area contributed by atoms with Crippen LogP contribution in [-0.2, 0) is 11.4 Å². The molecule has 25 heavy (non-hydrogen) atoms. The number of carbonyl (C=O) groups is 1. The third-order valence-electron chi connectivity index (χ3n) is 3.27. The van der Waals surface area contributed by atoms with Crippen LogP contribution in [0.5, 0.6) is 11.5 Å². The fourth-order valence-electron chi connectivity index (χ4n) is 2.05. The highest BCUT2D eigenvalue weighted by Gasteiger charge is 2.14. The van der Waals surface area contributed by atoms with E-state index >= 15 is 0 Å². The molecule has 0 fully saturated rings. The first-order valence-corrected chi connectivity index (χ1v) is 7.80. The van der Waals surface area contributed by atoms with E-state index in [-0.39, 0.29) is 6.61 Å². The smallest absolute Gasteiger partial charge is 0.346 e. The quantitative estimate of drug-likeness (QED) is 0.588. The van der Waals surface area contributed by atoms with Crippen molar-refractivity contribution in [2.24, 2.45) is 0 Å². The molecule has 0 atom stereocenters. The van der Waals surface area contributed by atoms with Gasteiger partial charge in [-0.2, -0.15) is 5.26 Å². The van der Waals surface area contributed by atoms with Crippen molar-refractivity contribution in [3.63, 3.8) is 0 Å². The summed E-state index contributed by atoms with van der Waals surface area (Å²) in [4.78, 5) is 11.1. The van der Waals surface area contributed by atoms with Crippen LogP contribution in [-0.4, -0.2) is 18.2 Å². The van der Waals surface area contributed by atoms with E-state index in [0.29, 0.717) is 32.7 Å². The topological polar surface area (TPSA) is 79.5 Å². The third-order valence-corrected chi connectivity index (χ3v) is 3.85. The van der Waals surface area contributed by atoms with Crippen molar-refractivity contribution in [3.05, 3.63) is 63.1 Å². The van der Waals surface area contributed by atoms with Crippen molar-refractivity contribution in [3.8, 4) is 17.6 Å². The van der Waals surface area contributed by atoms with E-state index in [1.807, 2.05) is 0 Å². The highest BCUT2D eigenvalue weighted by atomic mass is 35.5. The molecule has 0 aromatic heterocycles. The Morgan fingerprint density at radius 3 is 2.68 bits per heavy atom. The van der Waals surface area contributed by atoms with Crippen molar-refractivity contribution in [2.45, 2.75) is 6.61 Å². The predicted molar refractivity (Wildman–Crippen MR) is 95.0 cm³/mol. The van der Waals surface area contributed by atoms with Crippen LogP contribution in [0.25, 0.3) is 6.08 Å². The van der Waals surface area contributed by atoms with Gasteiger partial charge in [0.1, 0.15) is 18.2 Å². The van der Waals surface area contributed by atoms with E-state index in [1.165, 1.54) is 13.2 Å². The molecule has 0 amide bonds. The number of carboxylic acids is 1. The van der Waals surface area contributed by atoms with Crippen molar-refractivity contribution >= 4 is 35.2 Å². The van der Waals surface area contributed by atoms with Gasteiger partial charge in [0.05, 0.1) is 7.11 Å². The molecule has 2 rings (SSSR count). The van der Waals surface area contributed by atoms with E-state index < -0.39 is 11.5 Å². The number of nitrogens with zero attached hydrogens (tertiary/aromatic N) is 1. The SMILES string of the molecule is COc1cccc(C=C(C#N)C(=O)O)c1OCc1ccc(Cl)cc1Cl. The number of aliphatic carboxylic acids is 1. The monoisotopic (exact) mass is 377 g/mol. The predicted octanol–water partition coefficient (Wildman–Crippen LogP) is 4.57. The van der Waals surface area contributed by atoms with Crippen molar-refractivity contribution in [2.75, 3.05) is 7.11 Å². The summed E-state index contributed by atoms with van der Waals surface area (Å²) >= 11 is 12.0. The van der Waals surface area contributed by atoms with Crippen molar-refractivity contribution in [1.82, 2.24) is 0 Å². The first-order chi connectivity index (χ1) is 12.0. The average Bonchev–Trinajstić information content (AvgIpc) is 2.58. The van der Waals surface area contributed by atoms with Crippen LogP contribution in [0, 0.1) is 11.3 Å². The molecule has 0 aliphatic carbocycles. The van der Waals surface area contributed by atoms with Gasteiger partial charge in [-0.25, -0.2) is 4.79 Å². The van der Waals surface area contributed by atoms with Crippen LogP contribution in [0.4, 0.5) is 0 Å². The number of rotatable bonds is 6. The molecule has 0 saturated heterocycles. The number of benzene rings is 2. The molecule has 0 aliphatic heterocycles. The molecule has 128 valence electrons. The maximum atomic E-state index is 11.1. The molecule has 0 unspecified atom stereocenters. The van der Waals surface area contributed by atoms with Gasteiger partial charge in [-0.15, -0.1) is 0 Å². The van der Waals surface area contributed by atoms with Gasteiger partial charge in [0.15, 0.2) is 11.5 Å². The maximum Gasteiger partial charge on any atom is 0.346 e. The van der Waals surface area contributed by atoms with Gasteiger partial charge in [0, 0.05) is 21.2 Å². The summed E-state index contributed by atoms with van der Waals surface area (Å²) < 4.78 is 11.1. The number of ether oxygens (including phenoxy) is 2. The zero-order valence-electron chi connectivity index (χ0n) is 13.1. The second kappa shape index (κ2) is 8.43. The third kappa shape index (κ3) is 4.66. The number of halogens is 2. The van der Waals surface area contributed by atoms with Crippen LogP contribution in [0.3, 0.4) is 0 Å². The molecule has 0 spiro atoms. The van der Waals surface area contributed by atoms with E-state index in [0.717, 1.165) is 0 Å². The van der Waals surface area contributed by atoms with Crippen LogP contribution in [0.1, 0.15) is 11.1 Å². The van der Waals surface area contributed by atoms with Crippen molar-refractivity contribution in [1.29, 1.82) is 5.26 Å². The molecular formula is C18H13Cl2NO4. The number of carboxylic acid groups (broad SMARTS) is 1. The Bertz CT molecular complexity index is 872. The van der Waals surface area contributed by atoms with E-state index in [4.69, 9.17) is 43.0 Å². The zero-order chi connectivity index (χ0) is 18.4. The largest absolute Gasteiger partial charge is 0.493 e. The Balaban J connectivity index is 2.39. The number of methoxy groups -OCH3 is 1. The zero-order valence-corrected chi connectivity index (χ0v) is 14.6. The minimum Gasteiger partial charge on any atom is -0.493 e. The molecule has 7 heteroatoms. The molecule has 0 heterocycles. The Morgan fingerprint density at radius 1 is 1.32 bits per heavy atom. The molecule has 0 aliphatic rings. The standard InChI is InChI=1S/C18H13Cl2NO4/c1-24-16-4-2-3-11(7-13(9-21)18(22)23)17(16)25-10-12-5-6-14(19)8-15(12)20/h2-8H,10H2,1H3,(H,22,23). The summed E-state index contributed by atoms with van der Waals surface area (Å²) in [5.74, 6) is -0.608. The minimum atomic E-state index is -1.32. The second-order valence-corrected chi connectivity index (χ2v) is 5.72. The highest BCUT2D eigenvalue weighted by Crippen LogP contribution is 2.34. The summed E-state index contributed by atoms with van der Waals surface area (Å²) in [7, 11) is 1.47. The average molecular weight is 378 g/mol. The van der Waals surface area contributed by atoms with Gasteiger partial charge in [-0.3, -0.25) is 0 Å². The molecule has 0 radical (unpaired) electrons. The number of hydrogen-bond acceptors (Lipinski definition) is 4. The lowest BCUT2D eigenvalue weighted by Crippen LogP contribution is -2.02. The number of hydrogen-bond donors (Lipinski definition) is 1. The molecule has 1 N–H and O–H groups in total. The van der Waals surface area contributed by atoms with E-state index in [1.54, 1.807) is 42.5 Å². The summed E-state index contributed by atoms with van der Waals surface area (Å²) in [6.07, 6.45) is 1.23. The summed E-state index contributed by atoms with van der Waals surface area (Å²) in [5, 5.41) is 18.9. The maximum absolute atomic E-state index is 11.1. The van der Waals surface area contributed by atoms with Gasteiger partial charge in [0.25, 0.3) is 0 Å². The molecule has 2 aromatic rings. The number of para-hydroxylation sites is 1. The van der Waals surface area contributed by atoms with Crippen LogP contribution in [0.15, 0.2) is 42.0 Å². The Labute approximate surface area is 154 Å². The van der Waals surface area contributed by atoms with E-state index in [9.17, 15) is 4.79 Å². The minimum absolute atomic E-state index is 0.117. The Kier molecular flexibility index (Phi) is 6.29. The number of nitriles is 1. The second-order valence-electron chi connectivity index (χ2n) is 4.88. The summed E-state index contributed by atoms with van der Waals surface area (Å²) in [6, 6.07) is 11.6. The van der Waals surface area contributed by atoms with Crippen LogP contribution >= 0.6 is 23.2 Å². The van der Waals surface area contributed by atoms with Gasteiger partial charge in [0.2, 0.25) is 0 Å².